The van der Waals surface area contributed by atoms with E-state index in [1.807, 2.05) is 12.1 Å². The van der Waals surface area contributed by atoms with E-state index in [4.69, 9.17) is 0 Å². The summed E-state index contributed by atoms with van der Waals surface area (Å²) in [5, 5.41) is 6.22. The first-order valence-electron chi connectivity index (χ1n) is 6.44. The van der Waals surface area contributed by atoms with Crippen LogP contribution in [0.4, 0.5) is 0 Å². The highest BCUT2D eigenvalue weighted by molar-refractivity contribution is 5.76. The third kappa shape index (κ3) is 6.40. The zero-order chi connectivity index (χ0) is 13.6. The minimum absolute atomic E-state index is 0.0667. The SMILES string of the molecule is Cc1ccc(CNC(=O)CCNC(C)(C)C)cc1. The molecule has 100 valence electrons. The van der Waals surface area contributed by atoms with Gasteiger partial charge in [-0.15, -0.1) is 0 Å². The van der Waals surface area contributed by atoms with Crippen LogP contribution in [0, 0.1) is 6.92 Å². The third-order valence-electron chi connectivity index (χ3n) is 2.62. The van der Waals surface area contributed by atoms with Gasteiger partial charge >= 0.3 is 0 Å². The van der Waals surface area contributed by atoms with Gasteiger partial charge in [0.1, 0.15) is 0 Å². The predicted octanol–water partition coefficient (Wildman–Crippen LogP) is 2.39. The molecule has 1 aromatic carbocycles. The summed E-state index contributed by atoms with van der Waals surface area (Å²) in [6, 6.07) is 8.21. The molecule has 2 N–H and O–H groups in total. The van der Waals surface area contributed by atoms with Crippen molar-refractivity contribution in [2.75, 3.05) is 6.54 Å². The maximum Gasteiger partial charge on any atom is 0.221 e. The summed E-state index contributed by atoms with van der Waals surface area (Å²) in [6.45, 7) is 9.66. The van der Waals surface area contributed by atoms with Crippen LogP contribution in [0.15, 0.2) is 24.3 Å². The predicted molar refractivity (Wildman–Crippen MR) is 75.4 cm³/mol. The number of amides is 1. The van der Waals surface area contributed by atoms with E-state index in [0.29, 0.717) is 19.5 Å². The molecule has 0 aliphatic carbocycles. The van der Waals surface area contributed by atoms with Crippen LogP contribution in [0.5, 0.6) is 0 Å². The second kappa shape index (κ2) is 6.55. The maximum absolute atomic E-state index is 11.6. The van der Waals surface area contributed by atoms with Crippen LogP contribution in [-0.4, -0.2) is 18.0 Å². The van der Waals surface area contributed by atoms with Crippen molar-refractivity contribution in [2.24, 2.45) is 0 Å². The Morgan fingerprint density at radius 2 is 1.78 bits per heavy atom. The first kappa shape index (κ1) is 14.7. The van der Waals surface area contributed by atoms with E-state index >= 15 is 0 Å². The van der Waals surface area contributed by atoms with Crippen molar-refractivity contribution < 1.29 is 4.79 Å². The number of nitrogens with one attached hydrogen (secondary N) is 2. The molecule has 0 aromatic heterocycles. The van der Waals surface area contributed by atoms with Crippen molar-refractivity contribution in [3.63, 3.8) is 0 Å². The van der Waals surface area contributed by atoms with Gasteiger partial charge in [-0.2, -0.15) is 0 Å². The lowest BCUT2D eigenvalue weighted by Crippen LogP contribution is -2.38. The largest absolute Gasteiger partial charge is 0.352 e. The summed E-state index contributed by atoms with van der Waals surface area (Å²) in [4.78, 5) is 11.6. The summed E-state index contributed by atoms with van der Waals surface area (Å²) >= 11 is 0. The molecule has 1 amide bonds. The van der Waals surface area contributed by atoms with Crippen molar-refractivity contribution >= 4 is 5.91 Å². The quantitative estimate of drug-likeness (QED) is 0.840. The average molecular weight is 248 g/mol. The number of carbonyl (C=O) groups excluding carboxylic acids is 1. The van der Waals surface area contributed by atoms with Gasteiger partial charge in [0, 0.05) is 25.0 Å². The van der Waals surface area contributed by atoms with Gasteiger partial charge in [0.15, 0.2) is 0 Å². The summed E-state index contributed by atoms with van der Waals surface area (Å²) in [5.41, 5.74) is 2.44. The number of carbonyl (C=O) groups is 1. The molecule has 0 atom stereocenters. The zero-order valence-corrected chi connectivity index (χ0v) is 11.8. The van der Waals surface area contributed by atoms with Gasteiger partial charge in [-0.3, -0.25) is 4.79 Å². The Morgan fingerprint density at radius 1 is 1.17 bits per heavy atom. The van der Waals surface area contributed by atoms with E-state index in [-0.39, 0.29) is 11.4 Å². The number of benzene rings is 1. The number of rotatable bonds is 5. The van der Waals surface area contributed by atoms with Crippen molar-refractivity contribution in [1.82, 2.24) is 10.6 Å². The standard InChI is InChI=1S/C15H24N2O/c1-12-5-7-13(8-6-12)11-16-14(18)9-10-17-15(2,3)4/h5-8,17H,9-11H2,1-4H3,(H,16,18). The highest BCUT2D eigenvalue weighted by atomic mass is 16.1. The van der Waals surface area contributed by atoms with Crippen LogP contribution in [0.2, 0.25) is 0 Å². The smallest absolute Gasteiger partial charge is 0.221 e. The molecule has 0 spiro atoms. The molecule has 1 rings (SSSR count). The van der Waals surface area contributed by atoms with E-state index < -0.39 is 0 Å². The topological polar surface area (TPSA) is 41.1 Å². The van der Waals surface area contributed by atoms with Crippen LogP contribution < -0.4 is 10.6 Å². The fourth-order valence-electron chi connectivity index (χ4n) is 1.55. The highest BCUT2D eigenvalue weighted by Crippen LogP contribution is 2.02. The zero-order valence-electron chi connectivity index (χ0n) is 11.8. The summed E-state index contributed by atoms with van der Waals surface area (Å²) < 4.78 is 0. The van der Waals surface area contributed by atoms with Crippen LogP contribution in [-0.2, 0) is 11.3 Å². The molecule has 3 heteroatoms. The molecule has 0 bridgehead atoms. The molecular weight excluding hydrogens is 224 g/mol. The van der Waals surface area contributed by atoms with Gasteiger partial charge < -0.3 is 10.6 Å². The average Bonchev–Trinajstić information content (AvgIpc) is 2.26. The molecular formula is C15H24N2O. The van der Waals surface area contributed by atoms with Crippen molar-refractivity contribution in [3.05, 3.63) is 35.4 Å². The lowest BCUT2D eigenvalue weighted by Gasteiger charge is -2.20. The minimum Gasteiger partial charge on any atom is -0.352 e. The first-order valence-corrected chi connectivity index (χ1v) is 6.44. The van der Waals surface area contributed by atoms with Gasteiger partial charge in [-0.25, -0.2) is 0 Å². The molecule has 0 saturated carbocycles. The van der Waals surface area contributed by atoms with E-state index in [0.717, 1.165) is 5.56 Å². The maximum atomic E-state index is 11.6. The molecule has 0 fully saturated rings. The van der Waals surface area contributed by atoms with Crippen LogP contribution >= 0.6 is 0 Å². The van der Waals surface area contributed by atoms with E-state index in [1.54, 1.807) is 0 Å². The molecule has 0 heterocycles. The minimum atomic E-state index is 0.0667. The van der Waals surface area contributed by atoms with Crippen LogP contribution in [0.3, 0.4) is 0 Å². The van der Waals surface area contributed by atoms with Crippen molar-refractivity contribution in [2.45, 2.75) is 46.2 Å². The summed E-state index contributed by atoms with van der Waals surface area (Å²) in [5.74, 6) is 0.0901. The van der Waals surface area contributed by atoms with Crippen LogP contribution in [0.25, 0.3) is 0 Å². The Hall–Kier alpha value is -1.35. The number of hydrogen-bond donors (Lipinski definition) is 2. The molecule has 0 aliphatic rings. The second-order valence-electron chi connectivity index (χ2n) is 5.69. The van der Waals surface area contributed by atoms with Crippen molar-refractivity contribution in [1.29, 1.82) is 0 Å². The number of aryl methyl sites for hydroxylation is 1. The monoisotopic (exact) mass is 248 g/mol. The van der Waals surface area contributed by atoms with Crippen LogP contribution in [0.1, 0.15) is 38.3 Å². The van der Waals surface area contributed by atoms with E-state index in [9.17, 15) is 4.79 Å². The Kier molecular flexibility index (Phi) is 5.35. The normalized spacial score (nSPS) is 11.3. The first-order chi connectivity index (χ1) is 8.37. The van der Waals surface area contributed by atoms with Gasteiger partial charge in [0.05, 0.1) is 0 Å². The molecule has 0 unspecified atom stereocenters. The van der Waals surface area contributed by atoms with Gasteiger partial charge in [0.25, 0.3) is 0 Å². The lowest BCUT2D eigenvalue weighted by atomic mass is 10.1. The molecule has 18 heavy (non-hydrogen) atoms. The Morgan fingerprint density at radius 3 is 2.33 bits per heavy atom. The third-order valence-corrected chi connectivity index (χ3v) is 2.62. The summed E-state index contributed by atoms with van der Waals surface area (Å²) in [6.07, 6.45) is 0.517. The Bertz CT molecular complexity index is 376. The van der Waals surface area contributed by atoms with E-state index in [2.05, 4.69) is 50.5 Å². The molecule has 0 saturated heterocycles. The van der Waals surface area contributed by atoms with E-state index in [1.165, 1.54) is 5.56 Å². The fourth-order valence-corrected chi connectivity index (χ4v) is 1.55. The molecule has 3 nitrogen and oxygen atoms in total. The Balaban J connectivity index is 2.23. The van der Waals surface area contributed by atoms with Gasteiger partial charge in [0.2, 0.25) is 5.91 Å². The lowest BCUT2D eigenvalue weighted by molar-refractivity contribution is -0.121. The molecule has 0 aliphatic heterocycles. The highest BCUT2D eigenvalue weighted by Gasteiger charge is 2.09. The summed E-state index contributed by atoms with van der Waals surface area (Å²) in [7, 11) is 0. The number of hydrogen-bond acceptors (Lipinski definition) is 2. The molecule has 0 radical (unpaired) electrons. The van der Waals surface area contributed by atoms with Crippen molar-refractivity contribution in [3.8, 4) is 0 Å². The Labute approximate surface area is 110 Å². The second-order valence-corrected chi connectivity index (χ2v) is 5.69. The van der Waals surface area contributed by atoms with Gasteiger partial charge in [-0.1, -0.05) is 29.8 Å². The van der Waals surface area contributed by atoms with Gasteiger partial charge in [-0.05, 0) is 33.3 Å². The molecule has 1 aromatic rings. The fraction of sp³-hybridized carbons (Fsp3) is 0.533.